The van der Waals surface area contributed by atoms with E-state index in [2.05, 4.69) is 10.9 Å². The number of carbonyl (C=O) groups excluding carboxylic acids is 1. The molecule has 0 saturated heterocycles. The summed E-state index contributed by atoms with van der Waals surface area (Å²) in [5.41, 5.74) is 11.4. The molecule has 0 heterocycles. The quantitative estimate of drug-likeness (QED) is 0.591. The number of anilines is 1. The number of para-hydroxylation sites is 1. The topological polar surface area (TPSA) is 67.2 Å². The largest absolute Gasteiger partial charge is 0.320 e. The molecular formula is C9H13N3O. The molecule has 1 aromatic rings. The Kier molecular flexibility index (Phi) is 3.28. The van der Waals surface area contributed by atoms with Gasteiger partial charge in [-0.2, -0.15) is 0 Å². The van der Waals surface area contributed by atoms with Gasteiger partial charge < -0.3 is 5.73 Å². The van der Waals surface area contributed by atoms with E-state index in [1.807, 2.05) is 30.3 Å². The van der Waals surface area contributed by atoms with Gasteiger partial charge in [0.25, 0.3) is 5.91 Å². The molecule has 1 aromatic carbocycles. The number of amides is 1. The van der Waals surface area contributed by atoms with Crippen LogP contribution >= 0.6 is 0 Å². The molecule has 4 heteroatoms. The van der Waals surface area contributed by atoms with Crippen molar-refractivity contribution in [1.82, 2.24) is 5.43 Å². The Morgan fingerprint density at radius 3 is 2.54 bits per heavy atom. The second-order valence-corrected chi connectivity index (χ2v) is 2.77. The van der Waals surface area contributed by atoms with E-state index in [4.69, 9.17) is 5.73 Å². The fourth-order valence-corrected chi connectivity index (χ4v) is 0.769. The van der Waals surface area contributed by atoms with Crippen LogP contribution in [0, 0.1) is 0 Å². The molecule has 0 saturated carbocycles. The van der Waals surface area contributed by atoms with E-state index in [0.717, 1.165) is 5.69 Å². The minimum Gasteiger partial charge on any atom is -0.320 e. The van der Waals surface area contributed by atoms with Gasteiger partial charge in [-0.3, -0.25) is 15.6 Å². The van der Waals surface area contributed by atoms with Crippen molar-refractivity contribution in [3.05, 3.63) is 30.3 Å². The van der Waals surface area contributed by atoms with Crippen LogP contribution in [-0.4, -0.2) is 11.9 Å². The lowest BCUT2D eigenvalue weighted by atomic mass is 10.3. The van der Waals surface area contributed by atoms with Gasteiger partial charge in [0.1, 0.15) is 0 Å². The van der Waals surface area contributed by atoms with Gasteiger partial charge in [0, 0.05) is 0 Å². The van der Waals surface area contributed by atoms with Crippen molar-refractivity contribution in [1.29, 1.82) is 0 Å². The molecule has 0 aliphatic carbocycles. The number of hydrogen-bond acceptors (Lipinski definition) is 3. The second kappa shape index (κ2) is 4.47. The predicted octanol–water partition coefficient (Wildman–Crippen LogP) is 0.477. The zero-order valence-electron chi connectivity index (χ0n) is 7.45. The lowest BCUT2D eigenvalue weighted by Gasteiger charge is -2.09. The molecule has 0 aliphatic heterocycles. The molecule has 0 aromatic heterocycles. The first-order valence-corrected chi connectivity index (χ1v) is 4.06. The summed E-state index contributed by atoms with van der Waals surface area (Å²) in [4.78, 5) is 11.0. The van der Waals surface area contributed by atoms with E-state index in [1.165, 1.54) is 0 Å². The molecular weight excluding hydrogens is 166 g/mol. The molecule has 13 heavy (non-hydrogen) atoms. The maximum atomic E-state index is 11.0. The summed E-state index contributed by atoms with van der Waals surface area (Å²) in [6.45, 7) is 1.63. The van der Waals surface area contributed by atoms with Crippen molar-refractivity contribution in [2.75, 3.05) is 5.43 Å². The van der Waals surface area contributed by atoms with E-state index in [1.54, 1.807) is 6.92 Å². The summed E-state index contributed by atoms with van der Waals surface area (Å²) >= 11 is 0. The monoisotopic (exact) mass is 179 g/mol. The normalized spacial score (nSPS) is 11.8. The van der Waals surface area contributed by atoms with Crippen LogP contribution in [0.5, 0.6) is 0 Å². The minimum absolute atomic E-state index is 0.233. The predicted molar refractivity (Wildman–Crippen MR) is 51.9 cm³/mol. The Bertz CT molecular complexity index is 271. The highest BCUT2D eigenvalue weighted by molar-refractivity contribution is 5.82. The van der Waals surface area contributed by atoms with Crippen LogP contribution in [-0.2, 0) is 4.79 Å². The zero-order chi connectivity index (χ0) is 9.68. The third-order valence-corrected chi connectivity index (χ3v) is 1.52. The van der Waals surface area contributed by atoms with Gasteiger partial charge in [0.2, 0.25) is 0 Å². The second-order valence-electron chi connectivity index (χ2n) is 2.77. The first kappa shape index (κ1) is 9.54. The van der Waals surface area contributed by atoms with E-state index in [9.17, 15) is 4.79 Å². The fourth-order valence-electron chi connectivity index (χ4n) is 0.769. The van der Waals surface area contributed by atoms with Gasteiger partial charge in [-0.1, -0.05) is 18.2 Å². The SMILES string of the molecule is C[C@H](N)C(=O)NNc1ccccc1. The number of hydrogen-bond donors (Lipinski definition) is 3. The first-order valence-electron chi connectivity index (χ1n) is 4.06. The van der Waals surface area contributed by atoms with Gasteiger partial charge in [-0.05, 0) is 19.1 Å². The highest BCUT2D eigenvalue weighted by Crippen LogP contribution is 2.02. The summed E-state index contributed by atoms with van der Waals surface area (Å²) in [5.74, 6) is -0.233. The smallest absolute Gasteiger partial charge is 0.254 e. The van der Waals surface area contributed by atoms with Crippen LogP contribution in [0.1, 0.15) is 6.92 Å². The minimum atomic E-state index is -0.504. The molecule has 4 N–H and O–H groups in total. The number of benzene rings is 1. The van der Waals surface area contributed by atoms with Crippen LogP contribution in [0.3, 0.4) is 0 Å². The first-order chi connectivity index (χ1) is 6.20. The molecule has 70 valence electrons. The van der Waals surface area contributed by atoms with E-state index in [0.29, 0.717) is 0 Å². The number of hydrazine groups is 1. The van der Waals surface area contributed by atoms with Crippen molar-refractivity contribution in [3.8, 4) is 0 Å². The number of rotatable bonds is 3. The van der Waals surface area contributed by atoms with Gasteiger partial charge in [0.15, 0.2) is 0 Å². The maximum Gasteiger partial charge on any atom is 0.254 e. The van der Waals surface area contributed by atoms with Crippen LogP contribution in [0.15, 0.2) is 30.3 Å². The molecule has 4 nitrogen and oxygen atoms in total. The summed E-state index contributed by atoms with van der Waals surface area (Å²) in [6.07, 6.45) is 0. The van der Waals surface area contributed by atoms with E-state index >= 15 is 0 Å². The van der Waals surface area contributed by atoms with Gasteiger partial charge in [-0.15, -0.1) is 0 Å². The van der Waals surface area contributed by atoms with Crippen molar-refractivity contribution in [3.63, 3.8) is 0 Å². The summed E-state index contributed by atoms with van der Waals surface area (Å²) in [7, 11) is 0. The van der Waals surface area contributed by atoms with Crippen molar-refractivity contribution in [2.45, 2.75) is 13.0 Å². The lowest BCUT2D eigenvalue weighted by molar-refractivity contribution is -0.121. The molecule has 1 atom stereocenters. The van der Waals surface area contributed by atoms with Crippen molar-refractivity contribution >= 4 is 11.6 Å². The van der Waals surface area contributed by atoms with E-state index in [-0.39, 0.29) is 5.91 Å². The molecule has 0 unspecified atom stereocenters. The molecule has 0 bridgehead atoms. The van der Waals surface area contributed by atoms with Gasteiger partial charge in [0.05, 0.1) is 11.7 Å². The van der Waals surface area contributed by atoms with Gasteiger partial charge >= 0.3 is 0 Å². The van der Waals surface area contributed by atoms with E-state index < -0.39 is 6.04 Å². The summed E-state index contributed by atoms with van der Waals surface area (Å²) < 4.78 is 0. The number of nitrogens with two attached hydrogens (primary N) is 1. The average molecular weight is 179 g/mol. The Labute approximate surface area is 77.1 Å². The third-order valence-electron chi connectivity index (χ3n) is 1.52. The Balaban J connectivity index is 2.40. The van der Waals surface area contributed by atoms with Crippen LogP contribution < -0.4 is 16.6 Å². The van der Waals surface area contributed by atoms with Crippen LogP contribution in [0.25, 0.3) is 0 Å². The van der Waals surface area contributed by atoms with Crippen LogP contribution in [0.2, 0.25) is 0 Å². The Morgan fingerprint density at radius 2 is 2.00 bits per heavy atom. The highest BCUT2D eigenvalue weighted by atomic mass is 16.2. The number of nitrogens with one attached hydrogen (secondary N) is 2. The average Bonchev–Trinajstić information content (AvgIpc) is 2.15. The van der Waals surface area contributed by atoms with Crippen LogP contribution in [0.4, 0.5) is 5.69 Å². The number of carbonyl (C=O) groups is 1. The third kappa shape index (κ3) is 3.13. The molecule has 0 radical (unpaired) electrons. The van der Waals surface area contributed by atoms with Crippen molar-refractivity contribution in [2.24, 2.45) is 5.73 Å². The summed E-state index contributed by atoms with van der Waals surface area (Å²) in [6, 6.07) is 8.85. The molecule has 1 rings (SSSR count). The Hall–Kier alpha value is -1.55. The lowest BCUT2D eigenvalue weighted by Crippen LogP contribution is -2.41. The molecule has 0 spiro atoms. The molecule has 0 fully saturated rings. The molecule has 0 aliphatic rings. The maximum absolute atomic E-state index is 11.0. The highest BCUT2D eigenvalue weighted by Gasteiger charge is 2.04. The fraction of sp³-hybridized carbons (Fsp3) is 0.222. The molecule has 1 amide bonds. The zero-order valence-corrected chi connectivity index (χ0v) is 7.45. The van der Waals surface area contributed by atoms with Gasteiger partial charge in [-0.25, -0.2) is 0 Å². The Morgan fingerprint density at radius 1 is 1.38 bits per heavy atom. The standard InChI is InChI=1S/C9H13N3O/c1-7(10)9(13)12-11-8-5-3-2-4-6-8/h2-7,11H,10H2,1H3,(H,12,13)/t7-/m0/s1. The van der Waals surface area contributed by atoms with Crippen molar-refractivity contribution < 1.29 is 4.79 Å². The summed E-state index contributed by atoms with van der Waals surface area (Å²) in [5, 5.41) is 0.